The highest BCUT2D eigenvalue weighted by Crippen LogP contribution is 2.25. The van der Waals surface area contributed by atoms with Crippen LogP contribution in [0.3, 0.4) is 0 Å². The summed E-state index contributed by atoms with van der Waals surface area (Å²) in [7, 11) is 0. The van der Waals surface area contributed by atoms with E-state index in [1.807, 2.05) is 0 Å². The van der Waals surface area contributed by atoms with Gasteiger partial charge in [-0.2, -0.15) is 0 Å². The number of phenols is 1. The minimum Gasteiger partial charge on any atom is -0.508 e. The van der Waals surface area contributed by atoms with Crippen molar-refractivity contribution in [2.45, 2.75) is 6.92 Å². The van der Waals surface area contributed by atoms with Gasteiger partial charge in [0.25, 0.3) is 0 Å². The Bertz CT molecular complexity index is 514. The van der Waals surface area contributed by atoms with Crippen molar-refractivity contribution in [2.75, 3.05) is 5.73 Å². The molecule has 0 bridgehead atoms. The number of nitrogens with two attached hydrogens (primary N) is 1. The van der Waals surface area contributed by atoms with Crippen molar-refractivity contribution in [2.24, 2.45) is 0 Å². The molecule has 5 nitrogen and oxygen atoms in total. The smallest absolute Gasteiger partial charge is 0.220 e. The van der Waals surface area contributed by atoms with Gasteiger partial charge < -0.3 is 15.6 Å². The Labute approximate surface area is 92.5 Å². The number of hydrogen-bond acceptors (Lipinski definition) is 5. The first kappa shape index (κ1) is 10.2. The third-order valence-corrected chi connectivity index (χ3v) is 2.00. The van der Waals surface area contributed by atoms with E-state index in [0.29, 0.717) is 17.2 Å². The first-order valence-corrected chi connectivity index (χ1v) is 4.71. The molecule has 5 heteroatoms. The van der Waals surface area contributed by atoms with Crippen LogP contribution in [0.5, 0.6) is 17.2 Å². The zero-order valence-electron chi connectivity index (χ0n) is 8.71. The SMILES string of the molecule is Cc1nc(N)ncc1Oc1cccc(O)c1. The van der Waals surface area contributed by atoms with Crippen molar-refractivity contribution in [3.05, 3.63) is 36.2 Å². The molecule has 0 aliphatic heterocycles. The number of ether oxygens (including phenoxy) is 1. The van der Waals surface area contributed by atoms with Gasteiger partial charge in [0.1, 0.15) is 11.5 Å². The van der Waals surface area contributed by atoms with E-state index >= 15 is 0 Å². The number of nitrogens with zero attached hydrogens (tertiary/aromatic N) is 2. The Morgan fingerprint density at radius 2 is 2.19 bits per heavy atom. The molecule has 1 aromatic heterocycles. The van der Waals surface area contributed by atoms with E-state index in [1.54, 1.807) is 25.1 Å². The standard InChI is InChI=1S/C11H11N3O2/c1-7-10(6-13-11(12)14-7)16-9-4-2-3-8(15)5-9/h2-6,15H,1H3,(H2,12,13,14). The molecule has 0 unspecified atom stereocenters. The van der Waals surface area contributed by atoms with Gasteiger partial charge in [0.15, 0.2) is 5.75 Å². The van der Waals surface area contributed by atoms with Gasteiger partial charge in [-0.15, -0.1) is 0 Å². The number of aryl methyl sites for hydroxylation is 1. The van der Waals surface area contributed by atoms with E-state index in [0.717, 1.165) is 0 Å². The quantitative estimate of drug-likeness (QED) is 0.802. The Kier molecular flexibility index (Phi) is 2.59. The van der Waals surface area contributed by atoms with E-state index in [9.17, 15) is 5.11 Å². The fourth-order valence-electron chi connectivity index (χ4n) is 1.25. The molecule has 1 heterocycles. The largest absolute Gasteiger partial charge is 0.508 e. The van der Waals surface area contributed by atoms with Gasteiger partial charge >= 0.3 is 0 Å². The Morgan fingerprint density at radius 1 is 1.38 bits per heavy atom. The summed E-state index contributed by atoms with van der Waals surface area (Å²) < 4.78 is 5.50. The van der Waals surface area contributed by atoms with E-state index in [4.69, 9.17) is 10.5 Å². The molecule has 16 heavy (non-hydrogen) atoms. The number of hydrogen-bond donors (Lipinski definition) is 2. The third-order valence-electron chi connectivity index (χ3n) is 2.00. The highest BCUT2D eigenvalue weighted by molar-refractivity contribution is 5.37. The minimum atomic E-state index is 0.145. The fourth-order valence-corrected chi connectivity index (χ4v) is 1.25. The van der Waals surface area contributed by atoms with Crippen LogP contribution in [0, 0.1) is 6.92 Å². The summed E-state index contributed by atoms with van der Waals surface area (Å²) in [5.41, 5.74) is 6.08. The molecule has 0 atom stereocenters. The van der Waals surface area contributed by atoms with Gasteiger partial charge in [0.2, 0.25) is 5.95 Å². The predicted octanol–water partition coefficient (Wildman–Crippen LogP) is 1.87. The van der Waals surface area contributed by atoms with E-state index in [-0.39, 0.29) is 11.7 Å². The van der Waals surface area contributed by atoms with E-state index < -0.39 is 0 Å². The van der Waals surface area contributed by atoms with Gasteiger partial charge in [-0.25, -0.2) is 9.97 Å². The molecule has 82 valence electrons. The summed E-state index contributed by atoms with van der Waals surface area (Å²) in [6.45, 7) is 1.77. The molecule has 0 aliphatic rings. The molecule has 0 spiro atoms. The Morgan fingerprint density at radius 3 is 2.88 bits per heavy atom. The highest BCUT2D eigenvalue weighted by Gasteiger charge is 2.04. The van der Waals surface area contributed by atoms with Gasteiger partial charge in [-0.05, 0) is 19.1 Å². The summed E-state index contributed by atoms with van der Waals surface area (Å²) in [4.78, 5) is 7.81. The lowest BCUT2D eigenvalue weighted by Gasteiger charge is -2.07. The molecule has 1 aromatic carbocycles. The van der Waals surface area contributed by atoms with Crippen molar-refractivity contribution in [3.8, 4) is 17.2 Å². The zero-order chi connectivity index (χ0) is 11.5. The molecule has 0 amide bonds. The predicted molar refractivity (Wildman–Crippen MR) is 59.4 cm³/mol. The van der Waals surface area contributed by atoms with Gasteiger partial charge in [-0.3, -0.25) is 0 Å². The summed E-state index contributed by atoms with van der Waals surface area (Å²) in [5.74, 6) is 1.39. The molecule has 0 saturated heterocycles. The van der Waals surface area contributed by atoms with Gasteiger partial charge in [-0.1, -0.05) is 6.07 Å². The summed E-state index contributed by atoms with van der Waals surface area (Å²) in [5, 5.41) is 9.27. The molecule has 0 saturated carbocycles. The monoisotopic (exact) mass is 217 g/mol. The first-order chi connectivity index (χ1) is 7.65. The third kappa shape index (κ3) is 2.20. The van der Waals surface area contributed by atoms with Crippen LogP contribution in [-0.2, 0) is 0 Å². The maximum Gasteiger partial charge on any atom is 0.220 e. The number of phenolic OH excluding ortho intramolecular Hbond substituents is 1. The first-order valence-electron chi connectivity index (χ1n) is 4.71. The van der Waals surface area contributed by atoms with Crippen LogP contribution in [0.1, 0.15) is 5.69 Å². The average molecular weight is 217 g/mol. The number of rotatable bonds is 2. The van der Waals surface area contributed by atoms with E-state index in [1.165, 1.54) is 12.3 Å². The number of aromatic hydroxyl groups is 1. The maximum absolute atomic E-state index is 9.27. The molecule has 0 radical (unpaired) electrons. The molecular weight excluding hydrogens is 206 g/mol. The maximum atomic E-state index is 9.27. The lowest BCUT2D eigenvalue weighted by atomic mass is 10.3. The topological polar surface area (TPSA) is 81.3 Å². The highest BCUT2D eigenvalue weighted by atomic mass is 16.5. The lowest BCUT2D eigenvalue weighted by Crippen LogP contribution is -1.98. The van der Waals surface area contributed by atoms with Crippen molar-refractivity contribution >= 4 is 5.95 Å². The van der Waals surface area contributed by atoms with Gasteiger partial charge in [0, 0.05) is 6.07 Å². The zero-order valence-corrected chi connectivity index (χ0v) is 8.71. The van der Waals surface area contributed by atoms with Crippen LogP contribution >= 0.6 is 0 Å². The van der Waals surface area contributed by atoms with Crippen LogP contribution in [0.15, 0.2) is 30.5 Å². The van der Waals surface area contributed by atoms with Gasteiger partial charge in [0.05, 0.1) is 11.9 Å². The minimum absolute atomic E-state index is 0.145. The normalized spacial score (nSPS) is 10.1. The van der Waals surface area contributed by atoms with E-state index in [2.05, 4.69) is 9.97 Å². The molecule has 2 aromatic rings. The average Bonchev–Trinajstić information content (AvgIpc) is 2.22. The van der Waals surface area contributed by atoms with Crippen LogP contribution in [-0.4, -0.2) is 15.1 Å². The molecule has 3 N–H and O–H groups in total. The number of benzene rings is 1. The molecule has 0 fully saturated rings. The summed E-state index contributed by atoms with van der Waals surface area (Å²) >= 11 is 0. The Balaban J connectivity index is 2.27. The Hall–Kier alpha value is -2.30. The van der Waals surface area contributed by atoms with Crippen LogP contribution in [0.25, 0.3) is 0 Å². The van der Waals surface area contributed by atoms with Crippen molar-refractivity contribution < 1.29 is 9.84 Å². The molecule has 2 rings (SSSR count). The van der Waals surface area contributed by atoms with Crippen LogP contribution < -0.4 is 10.5 Å². The molecular formula is C11H11N3O2. The number of nitrogen functional groups attached to an aromatic ring is 1. The fraction of sp³-hybridized carbons (Fsp3) is 0.0909. The van der Waals surface area contributed by atoms with Crippen molar-refractivity contribution in [3.63, 3.8) is 0 Å². The number of anilines is 1. The van der Waals surface area contributed by atoms with Crippen molar-refractivity contribution in [1.29, 1.82) is 0 Å². The second-order valence-electron chi connectivity index (χ2n) is 3.28. The summed E-state index contributed by atoms with van der Waals surface area (Å²) in [6.07, 6.45) is 1.50. The second-order valence-corrected chi connectivity index (χ2v) is 3.28. The molecule has 0 aliphatic carbocycles. The van der Waals surface area contributed by atoms with Crippen molar-refractivity contribution in [1.82, 2.24) is 9.97 Å². The summed E-state index contributed by atoms with van der Waals surface area (Å²) in [6, 6.07) is 6.50. The lowest BCUT2D eigenvalue weighted by molar-refractivity contribution is 0.451. The van der Waals surface area contributed by atoms with Crippen LogP contribution in [0.2, 0.25) is 0 Å². The van der Waals surface area contributed by atoms with Crippen LogP contribution in [0.4, 0.5) is 5.95 Å². The number of aromatic nitrogens is 2. The second kappa shape index (κ2) is 4.06.